The maximum Gasteiger partial charge on any atom is 0.220 e. The van der Waals surface area contributed by atoms with E-state index in [9.17, 15) is 4.79 Å². The van der Waals surface area contributed by atoms with Crippen LogP contribution in [-0.2, 0) is 21.7 Å². The highest BCUT2D eigenvalue weighted by molar-refractivity contribution is 5.85. The van der Waals surface area contributed by atoms with Gasteiger partial charge in [0, 0.05) is 25.7 Å². The van der Waals surface area contributed by atoms with E-state index < -0.39 is 0 Å². The number of ether oxygens (including phenoxy) is 2. The van der Waals surface area contributed by atoms with Gasteiger partial charge in [0.05, 0.1) is 5.54 Å². The molecule has 5 nitrogen and oxygen atoms in total. The molecule has 0 radical (unpaired) electrons. The lowest BCUT2D eigenvalue weighted by Gasteiger charge is -2.38. The molecule has 1 heterocycles. The van der Waals surface area contributed by atoms with Gasteiger partial charge in [-0.25, -0.2) is 0 Å². The first-order valence-corrected chi connectivity index (χ1v) is 9.99. The van der Waals surface area contributed by atoms with Gasteiger partial charge in [0.1, 0.15) is 12.4 Å². The Morgan fingerprint density at radius 1 is 1.14 bits per heavy atom. The molecule has 1 aliphatic heterocycles. The van der Waals surface area contributed by atoms with Crippen molar-refractivity contribution in [3.05, 3.63) is 65.7 Å². The predicted octanol–water partition coefficient (Wildman–Crippen LogP) is 3.94. The molecule has 0 spiro atoms. The summed E-state index contributed by atoms with van der Waals surface area (Å²) in [6.45, 7) is 3.73. The standard InChI is InChI=1S/C23H30N2O3.ClH/c1-18(24)7-12-22(26)25-23(13-15-27-16-14-23)20-8-10-21(11-9-20)28-17-19-5-3-2-4-6-19;/h2-6,8-11,18H,7,12-17,24H2,1H3,(H,25,26);1H. The molecule has 6 heteroatoms. The van der Waals surface area contributed by atoms with Crippen LogP contribution in [0.25, 0.3) is 0 Å². The Labute approximate surface area is 179 Å². The first-order chi connectivity index (χ1) is 13.6. The Hall–Kier alpha value is -2.08. The summed E-state index contributed by atoms with van der Waals surface area (Å²) in [5.74, 6) is 0.863. The van der Waals surface area contributed by atoms with Crippen molar-refractivity contribution in [2.24, 2.45) is 5.73 Å². The molecule has 29 heavy (non-hydrogen) atoms. The summed E-state index contributed by atoms with van der Waals surface area (Å²) in [4.78, 5) is 12.5. The maximum absolute atomic E-state index is 12.5. The molecule has 1 atom stereocenters. The van der Waals surface area contributed by atoms with Gasteiger partial charge in [-0.15, -0.1) is 12.4 Å². The lowest BCUT2D eigenvalue weighted by atomic mass is 9.82. The van der Waals surface area contributed by atoms with Crippen LogP contribution in [0, 0.1) is 0 Å². The first-order valence-electron chi connectivity index (χ1n) is 9.99. The summed E-state index contributed by atoms with van der Waals surface area (Å²) >= 11 is 0. The van der Waals surface area contributed by atoms with E-state index in [1.165, 1.54) is 0 Å². The van der Waals surface area contributed by atoms with Crippen LogP contribution in [-0.4, -0.2) is 25.2 Å². The molecule has 0 aromatic heterocycles. The van der Waals surface area contributed by atoms with Crippen LogP contribution >= 0.6 is 12.4 Å². The average molecular weight is 419 g/mol. The van der Waals surface area contributed by atoms with Crippen molar-refractivity contribution in [3.63, 3.8) is 0 Å². The normalized spacial score (nSPS) is 16.3. The highest BCUT2D eigenvalue weighted by atomic mass is 35.5. The number of hydrogen-bond acceptors (Lipinski definition) is 4. The Morgan fingerprint density at radius 2 is 1.79 bits per heavy atom. The van der Waals surface area contributed by atoms with E-state index in [1.54, 1.807) is 0 Å². The zero-order chi connectivity index (χ0) is 19.8. The van der Waals surface area contributed by atoms with Crippen molar-refractivity contribution in [2.75, 3.05) is 13.2 Å². The van der Waals surface area contributed by atoms with E-state index in [4.69, 9.17) is 15.2 Å². The highest BCUT2D eigenvalue weighted by Crippen LogP contribution is 2.33. The van der Waals surface area contributed by atoms with Crippen molar-refractivity contribution in [1.82, 2.24) is 5.32 Å². The fourth-order valence-electron chi connectivity index (χ4n) is 3.50. The van der Waals surface area contributed by atoms with Crippen LogP contribution in [0.1, 0.15) is 43.7 Å². The molecule has 3 rings (SSSR count). The number of carbonyl (C=O) groups excluding carboxylic acids is 1. The van der Waals surface area contributed by atoms with Crippen molar-refractivity contribution < 1.29 is 14.3 Å². The van der Waals surface area contributed by atoms with Crippen molar-refractivity contribution in [1.29, 1.82) is 0 Å². The molecule has 1 fully saturated rings. The number of halogens is 1. The SMILES string of the molecule is CC(N)CCC(=O)NC1(c2ccc(OCc3ccccc3)cc2)CCOCC1.Cl. The number of benzene rings is 2. The van der Waals surface area contributed by atoms with Crippen molar-refractivity contribution >= 4 is 18.3 Å². The third kappa shape index (κ3) is 6.74. The fraction of sp³-hybridized carbons (Fsp3) is 0.435. The zero-order valence-corrected chi connectivity index (χ0v) is 17.8. The smallest absolute Gasteiger partial charge is 0.220 e. The molecule has 3 N–H and O–H groups in total. The summed E-state index contributed by atoms with van der Waals surface area (Å²) in [6, 6.07) is 18.2. The number of hydrogen-bond donors (Lipinski definition) is 2. The van der Waals surface area contributed by atoms with Crippen molar-refractivity contribution in [2.45, 2.75) is 50.8 Å². The predicted molar refractivity (Wildman–Crippen MR) is 117 cm³/mol. The molecule has 0 bridgehead atoms. The van der Waals surface area contributed by atoms with Crippen LogP contribution in [0.15, 0.2) is 54.6 Å². The average Bonchev–Trinajstić information content (AvgIpc) is 2.72. The fourth-order valence-corrected chi connectivity index (χ4v) is 3.50. The molecule has 0 aliphatic carbocycles. The minimum absolute atomic E-state index is 0. The van der Waals surface area contributed by atoms with E-state index in [-0.39, 0.29) is 29.9 Å². The lowest BCUT2D eigenvalue weighted by Crippen LogP contribution is -2.49. The molecular weight excluding hydrogens is 388 g/mol. The maximum atomic E-state index is 12.5. The van der Waals surface area contributed by atoms with Gasteiger partial charge in [0.15, 0.2) is 0 Å². The number of nitrogens with two attached hydrogens (primary N) is 1. The molecule has 1 saturated heterocycles. The van der Waals surface area contributed by atoms with Crippen molar-refractivity contribution in [3.8, 4) is 5.75 Å². The second-order valence-electron chi connectivity index (χ2n) is 7.56. The van der Waals surface area contributed by atoms with E-state index in [1.807, 2.05) is 49.4 Å². The molecular formula is C23H31ClN2O3. The zero-order valence-electron chi connectivity index (χ0n) is 16.9. The number of amides is 1. The topological polar surface area (TPSA) is 73.6 Å². The van der Waals surface area contributed by atoms with E-state index >= 15 is 0 Å². The number of nitrogens with one attached hydrogen (secondary N) is 1. The van der Waals surface area contributed by atoms with Gasteiger partial charge in [0.25, 0.3) is 0 Å². The summed E-state index contributed by atoms with van der Waals surface area (Å²) in [7, 11) is 0. The van der Waals surface area contributed by atoms with Crippen LogP contribution in [0.5, 0.6) is 5.75 Å². The Bertz CT molecular complexity index is 744. The molecule has 1 unspecified atom stereocenters. The highest BCUT2D eigenvalue weighted by Gasteiger charge is 2.35. The third-order valence-electron chi connectivity index (χ3n) is 5.21. The minimum Gasteiger partial charge on any atom is -0.489 e. The first kappa shape index (κ1) is 23.2. The summed E-state index contributed by atoms with van der Waals surface area (Å²) < 4.78 is 11.4. The van der Waals surface area contributed by atoms with Gasteiger partial charge in [0.2, 0.25) is 5.91 Å². The van der Waals surface area contributed by atoms with Crippen LogP contribution in [0.3, 0.4) is 0 Å². The van der Waals surface area contributed by atoms with E-state index in [2.05, 4.69) is 17.4 Å². The van der Waals surface area contributed by atoms with E-state index in [0.29, 0.717) is 32.7 Å². The van der Waals surface area contributed by atoms with Gasteiger partial charge in [-0.05, 0) is 49.4 Å². The van der Waals surface area contributed by atoms with Crippen LogP contribution in [0.4, 0.5) is 0 Å². The monoisotopic (exact) mass is 418 g/mol. The molecule has 0 saturated carbocycles. The second-order valence-corrected chi connectivity index (χ2v) is 7.56. The van der Waals surface area contributed by atoms with Gasteiger partial charge in [-0.3, -0.25) is 4.79 Å². The van der Waals surface area contributed by atoms with Gasteiger partial charge < -0.3 is 20.5 Å². The Balaban J connectivity index is 0.00000300. The summed E-state index contributed by atoms with van der Waals surface area (Å²) in [5, 5.41) is 3.27. The molecule has 158 valence electrons. The Kier molecular flexibility index (Phi) is 8.96. The van der Waals surface area contributed by atoms with Crippen LogP contribution < -0.4 is 15.8 Å². The quantitative estimate of drug-likeness (QED) is 0.681. The molecule has 1 amide bonds. The van der Waals surface area contributed by atoms with Crippen LogP contribution in [0.2, 0.25) is 0 Å². The summed E-state index contributed by atoms with van der Waals surface area (Å²) in [5.41, 5.74) is 7.64. The largest absolute Gasteiger partial charge is 0.489 e. The number of carbonyl (C=O) groups is 1. The van der Waals surface area contributed by atoms with E-state index in [0.717, 1.165) is 29.7 Å². The minimum atomic E-state index is -0.384. The molecule has 1 aliphatic rings. The molecule has 2 aromatic carbocycles. The second kappa shape index (κ2) is 11.2. The van der Waals surface area contributed by atoms with Gasteiger partial charge in [-0.2, -0.15) is 0 Å². The molecule has 2 aromatic rings. The third-order valence-corrected chi connectivity index (χ3v) is 5.21. The van der Waals surface area contributed by atoms with Gasteiger partial charge in [-0.1, -0.05) is 42.5 Å². The lowest BCUT2D eigenvalue weighted by molar-refractivity contribution is -0.124. The van der Waals surface area contributed by atoms with Gasteiger partial charge >= 0.3 is 0 Å². The number of rotatable bonds is 8. The summed E-state index contributed by atoms with van der Waals surface area (Å²) in [6.07, 6.45) is 2.66. The Morgan fingerprint density at radius 3 is 2.41 bits per heavy atom.